The first-order valence-corrected chi connectivity index (χ1v) is 2.88. The Morgan fingerprint density at radius 3 is 2.62 bits per heavy atom. The molecule has 0 unspecified atom stereocenters. The molecule has 0 aromatic rings. The molecule has 1 nitrogen and oxygen atoms in total. The molecular formula is C7H13N. The fourth-order valence-electron chi connectivity index (χ4n) is 0.346. The Bertz CT molecular complexity index is 82.4. The van der Waals surface area contributed by atoms with Gasteiger partial charge in [0.1, 0.15) is 0 Å². The maximum Gasteiger partial charge on any atom is 0.0563 e. The molecule has 0 N–H and O–H groups in total. The summed E-state index contributed by atoms with van der Waals surface area (Å²) >= 11 is 0. The second-order valence-corrected chi connectivity index (χ2v) is 2.05. The molecule has 0 spiro atoms. The summed E-state index contributed by atoms with van der Waals surface area (Å²) in [4.78, 5) is 4.05. The fraction of sp³-hybridized carbons (Fsp3) is 0.571. The van der Waals surface area contributed by atoms with E-state index in [1.165, 1.54) is 0 Å². The Hall–Kier alpha value is -0.590. The van der Waals surface area contributed by atoms with Crippen LogP contribution in [0.25, 0.3) is 0 Å². The monoisotopic (exact) mass is 111 g/mol. The van der Waals surface area contributed by atoms with Gasteiger partial charge in [-0.25, -0.2) is 0 Å². The van der Waals surface area contributed by atoms with E-state index in [9.17, 15) is 0 Å². The van der Waals surface area contributed by atoms with Gasteiger partial charge in [-0.15, -0.1) is 6.58 Å². The summed E-state index contributed by atoms with van der Waals surface area (Å²) in [6.45, 7) is 8.50. The van der Waals surface area contributed by atoms with Gasteiger partial charge in [0, 0.05) is 6.21 Å². The predicted molar refractivity (Wildman–Crippen MR) is 38.4 cm³/mol. The van der Waals surface area contributed by atoms with Gasteiger partial charge < -0.3 is 0 Å². The minimum atomic E-state index is 0.565. The summed E-state index contributed by atoms with van der Waals surface area (Å²) in [6, 6.07) is 0. The van der Waals surface area contributed by atoms with E-state index in [-0.39, 0.29) is 0 Å². The highest BCUT2D eigenvalue weighted by Gasteiger charge is 1.80. The molecule has 0 aromatic heterocycles. The lowest BCUT2D eigenvalue weighted by Gasteiger charge is -1.89. The van der Waals surface area contributed by atoms with Crippen molar-refractivity contribution in [1.82, 2.24) is 0 Å². The van der Waals surface area contributed by atoms with E-state index in [0.29, 0.717) is 5.92 Å². The summed E-state index contributed by atoms with van der Waals surface area (Å²) in [7, 11) is 0. The van der Waals surface area contributed by atoms with Crippen molar-refractivity contribution in [2.24, 2.45) is 10.9 Å². The maximum absolute atomic E-state index is 4.05. The van der Waals surface area contributed by atoms with Crippen molar-refractivity contribution in [3.05, 3.63) is 12.7 Å². The number of aliphatic imine (C=N–C) groups is 1. The molecule has 0 atom stereocenters. The number of nitrogens with zero attached hydrogens (tertiary/aromatic N) is 1. The average molecular weight is 111 g/mol. The summed E-state index contributed by atoms with van der Waals surface area (Å²) < 4.78 is 0. The van der Waals surface area contributed by atoms with Crippen LogP contribution in [0.5, 0.6) is 0 Å². The van der Waals surface area contributed by atoms with Crippen LogP contribution < -0.4 is 0 Å². The third-order valence-electron chi connectivity index (χ3n) is 0.638. The highest BCUT2D eigenvalue weighted by atomic mass is 14.7. The third kappa shape index (κ3) is 5.41. The third-order valence-corrected chi connectivity index (χ3v) is 0.638. The Morgan fingerprint density at radius 1 is 1.62 bits per heavy atom. The van der Waals surface area contributed by atoms with E-state index in [4.69, 9.17) is 0 Å². The zero-order valence-corrected chi connectivity index (χ0v) is 5.59. The zero-order chi connectivity index (χ0) is 6.41. The van der Waals surface area contributed by atoms with Gasteiger partial charge in [-0.1, -0.05) is 19.9 Å². The predicted octanol–water partition coefficient (Wildman–Crippen LogP) is 1.90. The topological polar surface area (TPSA) is 12.4 Å². The van der Waals surface area contributed by atoms with Gasteiger partial charge in [0.25, 0.3) is 0 Å². The maximum atomic E-state index is 4.05. The van der Waals surface area contributed by atoms with Crippen LogP contribution in [0.4, 0.5) is 0 Å². The van der Waals surface area contributed by atoms with Crippen molar-refractivity contribution in [2.45, 2.75) is 13.8 Å². The van der Waals surface area contributed by atoms with Gasteiger partial charge in [-0.2, -0.15) is 0 Å². The normalized spacial score (nSPS) is 10.9. The van der Waals surface area contributed by atoms with Crippen LogP contribution in [-0.4, -0.2) is 12.8 Å². The van der Waals surface area contributed by atoms with Crippen molar-refractivity contribution in [3.63, 3.8) is 0 Å². The van der Waals surface area contributed by atoms with Crippen LogP contribution in [0.1, 0.15) is 13.8 Å². The fourth-order valence-corrected chi connectivity index (χ4v) is 0.346. The zero-order valence-electron chi connectivity index (χ0n) is 5.59. The molecule has 0 saturated heterocycles. The van der Waals surface area contributed by atoms with Crippen LogP contribution in [-0.2, 0) is 0 Å². The van der Waals surface area contributed by atoms with Crippen molar-refractivity contribution in [3.8, 4) is 0 Å². The van der Waals surface area contributed by atoms with Crippen molar-refractivity contribution >= 4 is 6.21 Å². The summed E-state index contributed by atoms with van der Waals surface area (Å²) in [5.41, 5.74) is 0. The summed E-state index contributed by atoms with van der Waals surface area (Å²) in [5, 5.41) is 0. The molecule has 1 heteroatoms. The molecule has 0 aliphatic rings. The van der Waals surface area contributed by atoms with Gasteiger partial charge in [-0.05, 0) is 5.92 Å². The minimum Gasteiger partial charge on any atom is -0.293 e. The van der Waals surface area contributed by atoms with Gasteiger partial charge in [0.2, 0.25) is 0 Å². The standard InChI is InChI=1S/C7H13N/c1-4-5-8-6-7(2)3/h4,6-7H,1,5H2,2-3H3/b8-6-. The highest BCUT2D eigenvalue weighted by molar-refractivity contribution is 5.59. The molecule has 8 heavy (non-hydrogen) atoms. The Balaban J connectivity index is 3.19. The summed E-state index contributed by atoms with van der Waals surface area (Å²) in [6.07, 6.45) is 3.72. The molecule has 0 saturated carbocycles. The minimum absolute atomic E-state index is 0.565. The largest absolute Gasteiger partial charge is 0.293 e. The lowest BCUT2D eigenvalue weighted by atomic mass is 10.2. The van der Waals surface area contributed by atoms with E-state index >= 15 is 0 Å². The molecule has 0 aromatic carbocycles. The molecular weight excluding hydrogens is 98.1 g/mol. The molecule has 0 rings (SSSR count). The van der Waals surface area contributed by atoms with E-state index in [2.05, 4.69) is 25.4 Å². The lowest BCUT2D eigenvalue weighted by Crippen LogP contribution is -1.86. The molecule has 46 valence electrons. The van der Waals surface area contributed by atoms with Gasteiger partial charge >= 0.3 is 0 Å². The second-order valence-electron chi connectivity index (χ2n) is 2.05. The van der Waals surface area contributed by atoms with Crippen LogP contribution in [0.2, 0.25) is 0 Å². The van der Waals surface area contributed by atoms with Crippen LogP contribution in [0.3, 0.4) is 0 Å². The van der Waals surface area contributed by atoms with Gasteiger partial charge in [0.05, 0.1) is 6.54 Å². The van der Waals surface area contributed by atoms with Crippen LogP contribution in [0.15, 0.2) is 17.6 Å². The average Bonchev–Trinajstić information content (AvgIpc) is 1.66. The summed E-state index contributed by atoms with van der Waals surface area (Å²) in [5.74, 6) is 0.565. The lowest BCUT2D eigenvalue weighted by molar-refractivity contribution is 0.901. The van der Waals surface area contributed by atoms with E-state index < -0.39 is 0 Å². The first-order valence-electron chi connectivity index (χ1n) is 2.88. The Kier molecular flexibility index (Phi) is 4.23. The molecule has 0 aliphatic heterocycles. The van der Waals surface area contributed by atoms with Crippen LogP contribution >= 0.6 is 0 Å². The SMILES string of the molecule is C=CC/N=C\C(C)C. The van der Waals surface area contributed by atoms with Gasteiger partial charge in [0.15, 0.2) is 0 Å². The van der Waals surface area contributed by atoms with E-state index in [1.54, 1.807) is 6.08 Å². The Morgan fingerprint density at radius 2 is 2.25 bits per heavy atom. The molecule has 0 fully saturated rings. The van der Waals surface area contributed by atoms with E-state index in [1.807, 2.05) is 6.21 Å². The molecule has 0 amide bonds. The second kappa shape index (κ2) is 4.57. The smallest absolute Gasteiger partial charge is 0.0563 e. The van der Waals surface area contributed by atoms with E-state index in [0.717, 1.165) is 6.54 Å². The molecule has 0 bridgehead atoms. The van der Waals surface area contributed by atoms with Crippen molar-refractivity contribution in [2.75, 3.05) is 6.54 Å². The number of hydrogen-bond donors (Lipinski definition) is 0. The van der Waals surface area contributed by atoms with Gasteiger partial charge in [-0.3, -0.25) is 4.99 Å². The Labute approximate surface area is 51.1 Å². The molecule has 0 heterocycles. The quantitative estimate of drug-likeness (QED) is 0.389. The first-order chi connectivity index (χ1) is 3.77. The number of rotatable bonds is 3. The van der Waals surface area contributed by atoms with Crippen LogP contribution in [0, 0.1) is 5.92 Å². The molecule has 0 radical (unpaired) electrons. The number of hydrogen-bond acceptors (Lipinski definition) is 1. The highest BCUT2D eigenvalue weighted by Crippen LogP contribution is 1.84. The van der Waals surface area contributed by atoms with Crippen molar-refractivity contribution < 1.29 is 0 Å². The van der Waals surface area contributed by atoms with Crippen molar-refractivity contribution in [1.29, 1.82) is 0 Å². The molecule has 0 aliphatic carbocycles. The first kappa shape index (κ1) is 7.41.